The average molecular weight is 601 g/mol. The number of para-hydroxylation sites is 2. The molecule has 2 aromatic heterocycles. The fourth-order valence-electron chi connectivity index (χ4n) is 6.99. The van der Waals surface area contributed by atoms with Gasteiger partial charge in [-0.25, -0.2) is 8.42 Å². The number of furan rings is 1. The summed E-state index contributed by atoms with van der Waals surface area (Å²) in [4.78, 5) is 0. The van der Waals surface area contributed by atoms with E-state index >= 15 is 0 Å². The van der Waals surface area contributed by atoms with Crippen LogP contribution in [0.4, 0.5) is 0 Å². The van der Waals surface area contributed by atoms with Crippen LogP contribution in [0, 0.1) is 11.3 Å². The molecule has 0 fully saturated rings. The second-order valence-corrected chi connectivity index (χ2v) is 13.8. The summed E-state index contributed by atoms with van der Waals surface area (Å²) in [5, 5.41) is 13.7. The molecule has 9 rings (SSSR count). The molecule has 3 heterocycles. The summed E-state index contributed by atoms with van der Waals surface area (Å²) in [6.45, 7) is 0. The van der Waals surface area contributed by atoms with Gasteiger partial charge in [0.2, 0.25) is 0 Å². The Bertz CT molecular complexity index is 2690. The molecule has 0 saturated heterocycles. The molecule has 0 amide bonds. The Morgan fingerprint density at radius 1 is 0.600 bits per heavy atom. The van der Waals surface area contributed by atoms with E-state index < -0.39 is 9.84 Å². The molecular formula is C39H24N2O3S. The van der Waals surface area contributed by atoms with Gasteiger partial charge in [-0.15, -0.1) is 0 Å². The largest absolute Gasteiger partial charge is 0.456 e. The number of rotatable bonds is 2. The van der Waals surface area contributed by atoms with E-state index in [9.17, 15) is 13.7 Å². The topological polar surface area (TPSA) is 76.0 Å². The molecule has 1 aliphatic rings. The number of fused-ring (bicyclic) bond motifs is 9. The van der Waals surface area contributed by atoms with Gasteiger partial charge < -0.3 is 8.98 Å². The van der Waals surface area contributed by atoms with Crippen LogP contribution in [0.1, 0.15) is 16.7 Å². The maximum absolute atomic E-state index is 13.4. The lowest BCUT2D eigenvalue weighted by Crippen LogP contribution is -2.05. The first-order valence-electron chi connectivity index (χ1n) is 14.8. The molecule has 0 spiro atoms. The monoisotopic (exact) mass is 600 g/mol. The zero-order valence-corrected chi connectivity index (χ0v) is 24.8. The van der Waals surface area contributed by atoms with Gasteiger partial charge in [-0.2, -0.15) is 5.26 Å². The average Bonchev–Trinajstić information content (AvgIpc) is 3.56. The van der Waals surface area contributed by atoms with E-state index in [1.165, 1.54) is 0 Å². The van der Waals surface area contributed by atoms with Crippen LogP contribution in [0.3, 0.4) is 0 Å². The van der Waals surface area contributed by atoms with E-state index in [2.05, 4.69) is 53.1 Å². The van der Waals surface area contributed by atoms with Gasteiger partial charge in [-0.3, -0.25) is 0 Å². The van der Waals surface area contributed by atoms with Crippen LogP contribution in [0.25, 0.3) is 71.7 Å². The number of sulfone groups is 1. The highest BCUT2D eigenvalue weighted by molar-refractivity contribution is 7.89. The maximum atomic E-state index is 13.4. The summed E-state index contributed by atoms with van der Waals surface area (Å²) in [6, 6.07) is 42.6. The Kier molecular flexibility index (Phi) is 5.41. The van der Waals surface area contributed by atoms with Gasteiger partial charge in [-0.1, -0.05) is 60.7 Å². The zero-order chi connectivity index (χ0) is 30.3. The van der Waals surface area contributed by atoms with E-state index in [1.807, 2.05) is 78.9 Å². The predicted molar refractivity (Wildman–Crippen MR) is 180 cm³/mol. The van der Waals surface area contributed by atoms with E-state index in [0.29, 0.717) is 5.56 Å². The predicted octanol–water partition coefficient (Wildman–Crippen LogP) is 9.32. The minimum Gasteiger partial charge on any atom is -0.456 e. The molecule has 8 aromatic rings. The van der Waals surface area contributed by atoms with Crippen LogP contribution in [0.5, 0.6) is 0 Å². The standard InChI is InChI=1S/C39H24N2O3S/c40-21-24-9-15-37-34(17-24)31-5-1-3-7-36(31)41(37)29-13-10-27-22-45(42,43)23-28-18-25(11-14-30(28)33(27)20-29)26-12-16-39-35(19-26)32-6-2-4-8-38(32)44-39/h1-20H,22-23H2. The van der Waals surface area contributed by atoms with Crippen molar-refractivity contribution < 1.29 is 12.8 Å². The van der Waals surface area contributed by atoms with Crippen molar-refractivity contribution in [2.24, 2.45) is 0 Å². The number of nitriles is 1. The van der Waals surface area contributed by atoms with Crippen molar-refractivity contribution in [3.05, 3.63) is 138 Å². The molecule has 5 nitrogen and oxygen atoms in total. The first-order chi connectivity index (χ1) is 22.0. The Labute approximate surface area is 259 Å². The fraction of sp³-hybridized carbons (Fsp3) is 0.0513. The second kappa shape index (κ2) is 9.43. The van der Waals surface area contributed by atoms with Gasteiger partial charge in [0.25, 0.3) is 0 Å². The first-order valence-corrected chi connectivity index (χ1v) is 16.6. The van der Waals surface area contributed by atoms with Crippen molar-refractivity contribution in [3.8, 4) is 34.0 Å². The lowest BCUT2D eigenvalue weighted by atomic mass is 9.92. The van der Waals surface area contributed by atoms with Gasteiger partial charge in [0.15, 0.2) is 9.84 Å². The van der Waals surface area contributed by atoms with Crippen molar-refractivity contribution in [1.82, 2.24) is 4.57 Å². The van der Waals surface area contributed by atoms with Crippen LogP contribution in [0.2, 0.25) is 0 Å². The Morgan fingerprint density at radius 3 is 2.22 bits per heavy atom. The van der Waals surface area contributed by atoms with Gasteiger partial charge in [-0.05, 0) is 94.0 Å². The third kappa shape index (κ3) is 4.02. The smallest absolute Gasteiger partial charge is 0.158 e. The van der Waals surface area contributed by atoms with Crippen LogP contribution >= 0.6 is 0 Å². The number of nitrogens with zero attached hydrogens (tertiary/aromatic N) is 2. The second-order valence-electron chi connectivity index (χ2n) is 11.8. The molecule has 0 radical (unpaired) electrons. The van der Waals surface area contributed by atoms with Gasteiger partial charge in [0, 0.05) is 27.2 Å². The Morgan fingerprint density at radius 2 is 1.33 bits per heavy atom. The highest BCUT2D eigenvalue weighted by Crippen LogP contribution is 2.40. The number of hydrogen-bond donors (Lipinski definition) is 0. The van der Waals surface area contributed by atoms with E-state index in [1.54, 1.807) is 0 Å². The summed E-state index contributed by atoms with van der Waals surface area (Å²) in [5.41, 5.74) is 10.7. The van der Waals surface area contributed by atoms with Crippen molar-refractivity contribution in [2.45, 2.75) is 11.5 Å². The maximum Gasteiger partial charge on any atom is 0.158 e. The van der Waals surface area contributed by atoms with E-state index in [0.717, 1.165) is 82.8 Å². The summed E-state index contributed by atoms with van der Waals surface area (Å²) < 4.78 is 35.0. The summed E-state index contributed by atoms with van der Waals surface area (Å²) >= 11 is 0. The number of benzene rings is 6. The van der Waals surface area contributed by atoms with Gasteiger partial charge >= 0.3 is 0 Å². The first kappa shape index (κ1) is 25.8. The molecule has 45 heavy (non-hydrogen) atoms. The van der Waals surface area contributed by atoms with Crippen LogP contribution < -0.4 is 0 Å². The lowest BCUT2D eigenvalue weighted by Gasteiger charge is -2.14. The fourth-order valence-corrected chi connectivity index (χ4v) is 8.53. The zero-order valence-electron chi connectivity index (χ0n) is 24.0. The highest BCUT2D eigenvalue weighted by atomic mass is 32.2. The van der Waals surface area contributed by atoms with Crippen LogP contribution in [-0.4, -0.2) is 13.0 Å². The Hall–Kier alpha value is -5.64. The SMILES string of the molecule is N#Cc1ccc2c(c1)c1ccccc1n2-c1ccc2c(c1)-c1ccc(-c3ccc4oc5ccccc5c4c3)cc1CS(=O)(=O)C2. The molecule has 6 heteroatoms. The highest BCUT2D eigenvalue weighted by Gasteiger charge is 2.25. The quantitative estimate of drug-likeness (QED) is 0.198. The molecule has 0 saturated carbocycles. The molecule has 0 N–H and O–H groups in total. The van der Waals surface area contributed by atoms with Crippen molar-refractivity contribution in [1.29, 1.82) is 5.26 Å². The summed E-state index contributed by atoms with van der Waals surface area (Å²) in [7, 11) is -3.40. The molecule has 0 unspecified atom stereocenters. The molecule has 0 bridgehead atoms. The minimum atomic E-state index is -3.40. The van der Waals surface area contributed by atoms with Crippen LogP contribution in [-0.2, 0) is 21.3 Å². The van der Waals surface area contributed by atoms with E-state index in [-0.39, 0.29) is 11.5 Å². The molecule has 6 aromatic carbocycles. The molecule has 0 atom stereocenters. The third-order valence-corrected chi connectivity index (χ3v) is 10.5. The minimum absolute atomic E-state index is 0.0156. The van der Waals surface area contributed by atoms with E-state index in [4.69, 9.17) is 4.42 Å². The number of hydrogen-bond acceptors (Lipinski definition) is 4. The normalized spacial score (nSPS) is 13.9. The summed E-state index contributed by atoms with van der Waals surface area (Å²) in [5.74, 6) is -0.0400. The molecule has 0 aliphatic carbocycles. The summed E-state index contributed by atoms with van der Waals surface area (Å²) in [6.07, 6.45) is 0. The lowest BCUT2D eigenvalue weighted by molar-refractivity contribution is 0.595. The molecule has 1 aliphatic heterocycles. The Balaban J connectivity index is 1.23. The van der Waals surface area contributed by atoms with Gasteiger partial charge in [0.05, 0.1) is 34.2 Å². The molecule has 214 valence electrons. The third-order valence-electron chi connectivity index (χ3n) is 9.01. The van der Waals surface area contributed by atoms with Crippen molar-refractivity contribution >= 4 is 53.6 Å². The number of aromatic nitrogens is 1. The van der Waals surface area contributed by atoms with Crippen molar-refractivity contribution in [2.75, 3.05) is 0 Å². The molecular weight excluding hydrogens is 577 g/mol. The van der Waals surface area contributed by atoms with Gasteiger partial charge in [0.1, 0.15) is 11.2 Å². The van der Waals surface area contributed by atoms with Crippen LogP contribution in [0.15, 0.2) is 126 Å². The van der Waals surface area contributed by atoms with Crippen molar-refractivity contribution in [3.63, 3.8) is 0 Å².